The predicted molar refractivity (Wildman–Crippen MR) is 62.9 cm³/mol. The lowest BCUT2D eigenvalue weighted by molar-refractivity contribution is 0.475. The average molecular weight is 223 g/mol. The summed E-state index contributed by atoms with van der Waals surface area (Å²) < 4.78 is 1.38. The fraction of sp³-hybridized carbons (Fsp3) is 0.200. The maximum atomic E-state index is 9.06. The topological polar surface area (TPSA) is 50.9 Å². The van der Waals surface area contributed by atoms with Gasteiger partial charge in [-0.2, -0.15) is 4.09 Å². The molecular formula is C10H13N3OS. The van der Waals surface area contributed by atoms with Crippen molar-refractivity contribution in [2.24, 2.45) is 0 Å². The molecule has 1 N–H and O–H groups in total. The molecule has 0 aliphatic heterocycles. The molecule has 2 rings (SSSR count). The number of phenols is 1. The Hall–Kier alpha value is -1.49. The molecule has 0 saturated heterocycles. The Morgan fingerprint density at radius 3 is 2.27 bits per heavy atom. The standard InChI is InChI=1S/C8H7N3OS.C2H6/c12-7-3-1-6(2-4-7)8-9-5-10-11(8)13;1-2/h1-5,12-13H;1-2H3. The Bertz CT molecular complexity index is 411. The number of phenolic OH excluding ortho intramolecular Hbond substituents is 1. The van der Waals surface area contributed by atoms with Gasteiger partial charge in [0, 0.05) is 5.56 Å². The lowest BCUT2D eigenvalue weighted by atomic mass is 10.2. The highest BCUT2D eigenvalue weighted by Gasteiger charge is 2.03. The van der Waals surface area contributed by atoms with E-state index in [9.17, 15) is 0 Å². The Labute approximate surface area is 94.1 Å². The van der Waals surface area contributed by atoms with E-state index in [1.54, 1.807) is 24.3 Å². The second-order valence-electron chi connectivity index (χ2n) is 2.52. The van der Waals surface area contributed by atoms with Crippen LogP contribution in [0.3, 0.4) is 0 Å². The van der Waals surface area contributed by atoms with Crippen LogP contribution in [0.15, 0.2) is 30.6 Å². The van der Waals surface area contributed by atoms with Crippen LogP contribution in [0.4, 0.5) is 0 Å². The Kier molecular flexibility index (Phi) is 4.17. The summed E-state index contributed by atoms with van der Waals surface area (Å²) in [6.45, 7) is 4.00. The molecule has 0 saturated carbocycles. The van der Waals surface area contributed by atoms with Crippen LogP contribution in [0.5, 0.6) is 5.75 Å². The zero-order chi connectivity index (χ0) is 11.3. The average Bonchev–Trinajstić information content (AvgIpc) is 2.69. The predicted octanol–water partition coefficient (Wildman–Crippen LogP) is 2.37. The van der Waals surface area contributed by atoms with E-state index in [0.717, 1.165) is 5.56 Å². The molecule has 1 heterocycles. The fourth-order valence-electron chi connectivity index (χ4n) is 1.04. The van der Waals surface area contributed by atoms with E-state index >= 15 is 0 Å². The molecule has 0 bridgehead atoms. The molecule has 15 heavy (non-hydrogen) atoms. The molecule has 0 radical (unpaired) electrons. The van der Waals surface area contributed by atoms with E-state index in [0.29, 0.717) is 5.82 Å². The smallest absolute Gasteiger partial charge is 0.169 e. The number of hydrogen-bond donors (Lipinski definition) is 2. The minimum absolute atomic E-state index is 0.231. The van der Waals surface area contributed by atoms with Crippen molar-refractivity contribution in [2.75, 3.05) is 0 Å². The van der Waals surface area contributed by atoms with Crippen molar-refractivity contribution in [2.45, 2.75) is 13.8 Å². The Morgan fingerprint density at radius 2 is 1.80 bits per heavy atom. The SMILES string of the molecule is CC.Oc1ccc(-c2ncnn2S)cc1. The van der Waals surface area contributed by atoms with Crippen molar-refractivity contribution in [1.82, 2.24) is 14.2 Å². The number of rotatable bonds is 1. The highest BCUT2D eigenvalue weighted by atomic mass is 32.1. The van der Waals surface area contributed by atoms with Gasteiger partial charge < -0.3 is 5.11 Å². The van der Waals surface area contributed by atoms with Crippen LogP contribution in [0.2, 0.25) is 0 Å². The van der Waals surface area contributed by atoms with Gasteiger partial charge >= 0.3 is 0 Å². The van der Waals surface area contributed by atoms with Crippen LogP contribution in [0, 0.1) is 0 Å². The molecule has 0 aliphatic rings. The van der Waals surface area contributed by atoms with Crippen molar-refractivity contribution in [3.8, 4) is 17.1 Å². The van der Waals surface area contributed by atoms with E-state index in [1.807, 2.05) is 13.8 Å². The molecule has 2 aromatic rings. The lowest BCUT2D eigenvalue weighted by Crippen LogP contribution is -1.87. The first-order valence-corrected chi connectivity index (χ1v) is 5.06. The highest BCUT2D eigenvalue weighted by Crippen LogP contribution is 2.19. The van der Waals surface area contributed by atoms with Gasteiger partial charge in [-0.25, -0.2) is 4.98 Å². The zero-order valence-corrected chi connectivity index (χ0v) is 9.52. The molecule has 0 fully saturated rings. The first-order valence-electron chi connectivity index (χ1n) is 4.66. The molecule has 1 aromatic carbocycles. The zero-order valence-electron chi connectivity index (χ0n) is 8.62. The minimum atomic E-state index is 0.231. The molecule has 0 amide bonds. The summed E-state index contributed by atoms with van der Waals surface area (Å²) in [5.74, 6) is 0.886. The number of nitrogens with zero attached hydrogens (tertiary/aromatic N) is 3. The maximum absolute atomic E-state index is 9.06. The fourth-order valence-corrected chi connectivity index (χ4v) is 1.25. The molecule has 5 heteroatoms. The van der Waals surface area contributed by atoms with Gasteiger partial charge in [0.05, 0.1) is 0 Å². The van der Waals surface area contributed by atoms with Crippen molar-refractivity contribution < 1.29 is 5.11 Å². The molecule has 0 atom stereocenters. The molecule has 4 nitrogen and oxygen atoms in total. The second-order valence-corrected chi connectivity index (χ2v) is 2.90. The van der Waals surface area contributed by atoms with Crippen molar-refractivity contribution in [1.29, 1.82) is 0 Å². The number of thiol groups is 1. The van der Waals surface area contributed by atoms with Gasteiger partial charge in [-0.3, -0.25) is 0 Å². The molecule has 80 valence electrons. The van der Waals surface area contributed by atoms with Crippen LogP contribution in [0.1, 0.15) is 13.8 Å². The van der Waals surface area contributed by atoms with Gasteiger partial charge in [0.2, 0.25) is 0 Å². The molecular weight excluding hydrogens is 210 g/mol. The summed E-state index contributed by atoms with van der Waals surface area (Å²) in [6.07, 6.45) is 1.43. The quantitative estimate of drug-likeness (QED) is 0.730. The second kappa shape index (κ2) is 5.41. The molecule has 0 aliphatic carbocycles. The maximum Gasteiger partial charge on any atom is 0.169 e. The van der Waals surface area contributed by atoms with E-state index in [2.05, 4.69) is 22.9 Å². The van der Waals surface area contributed by atoms with Crippen molar-refractivity contribution in [3.63, 3.8) is 0 Å². The van der Waals surface area contributed by atoms with Crippen molar-refractivity contribution >= 4 is 12.8 Å². The van der Waals surface area contributed by atoms with Gasteiger partial charge in [-0.1, -0.05) is 13.8 Å². The number of aromatic nitrogens is 3. The third kappa shape index (κ3) is 2.73. The number of aromatic hydroxyl groups is 1. The normalized spacial score (nSPS) is 9.27. The summed E-state index contributed by atoms with van der Waals surface area (Å²) in [6, 6.07) is 6.70. The van der Waals surface area contributed by atoms with Crippen LogP contribution in [-0.2, 0) is 0 Å². The van der Waals surface area contributed by atoms with E-state index in [-0.39, 0.29) is 5.75 Å². The van der Waals surface area contributed by atoms with E-state index < -0.39 is 0 Å². The largest absolute Gasteiger partial charge is 0.508 e. The molecule has 0 spiro atoms. The van der Waals surface area contributed by atoms with Gasteiger partial charge in [0.1, 0.15) is 12.1 Å². The van der Waals surface area contributed by atoms with Crippen LogP contribution < -0.4 is 0 Å². The van der Waals surface area contributed by atoms with Crippen LogP contribution >= 0.6 is 12.8 Å². The summed E-state index contributed by atoms with van der Waals surface area (Å²) in [5.41, 5.74) is 0.866. The Balaban J connectivity index is 0.000000531. The summed E-state index contributed by atoms with van der Waals surface area (Å²) in [4.78, 5) is 4.01. The summed E-state index contributed by atoms with van der Waals surface area (Å²) in [7, 11) is 0. The first-order chi connectivity index (χ1) is 7.27. The summed E-state index contributed by atoms with van der Waals surface area (Å²) in [5, 5.41) is 12.9. The minimum Gasteiger partial charge on any atom is -0.508 e. The third-order valence-corrected chi connectivity index (χ3v) is 1.95. The first kappa shape index (κ1) is 11.6. The highest BCUT2D eigenvalue weighted by molar-refractivity contribution is 7.78. The van der Waals surface area contributed by atoms with Gasteiger partial charge in [-0.15, -0.1) is 5.10 Å². The van der Waals surface area contributed by atoms with Gasteiger partial charge in [-0.05, 0) is 37.1 Å². The summed E-state index contributed by atoms with van der Waals surface area (Å²) >= 11 is 4.07. The van der Waals surface area contributed by atoms with Crippen LogP contribution in [-0.4, -0.2) is 19.3 Å². The lowest BCUT2D eigenvalue weighted by Gasteiger charge is -1.98. The van der Waals surface area contributed by atoms with Crippen LogP contribution in [0.25, 0.3) is 11.4 Å². The number of hydrogen-bond acceptors (Lipinski definition) is 4. The van der Waals surface area contributed by atoms with Gasteiger partial charge in [0.15, 0.2) is 5.82 Å². The van der Waals surface area contributed by atoms with E-state index in [1.165, 1.54) is 10.4 Å². The third-order valence-electron chi connectivity index (χ3n) is 1.66. The molecule has 0 unspecified atom stereocenters. The van der Waals surface area contributed by atoms with Gasteiger partial charge in [0.25, 0.3) is 0 Å². The number of benzene rings is 1. The molecule has 1 aromatic heterocycles. The van der Waals surface area contributed by atoms with Crippen molar-refractivity contribution in [3.05, 3.63) is 30.6 Å². The monoisotopic (exact) mass is 223 g/mol. The Morgan fingerprint density at radius 1 is 1.20 bits per heavy atom. The van der Waals surface area contributed by atoms with E-state index in [4.69, 9.17) is 5.11 Å².